The van der Waals surface area contributed by atoms with Gasteiger partial charge in [-0.15, -0.1) is 11.8 Å². The Labute approximate surface area is 226 Å². The summed E-state index contributed by atoms with van der Waals surface area (Å²) in [6.07, 6.45) is 1.14. The molecule has 0 saturated heterocycles. The Balaban J connectivity index is 1.86. The fourth-order valence-electron chi connectivity index (χ4n) is 3.70. The summed E-state index contributed by atoms with van der Waals surface area (Å²) in [6, 6.07) is 20.6. The molecule has 8 heteroatoms. The van der Waals surface area contributed by atoms with Crippen LogP contribution in [0.4, 0.5) is 4.39 Å². The third-order valence-corrected chi connectivity index (χ3v) is 7.30. The highest BCUT2D eigenvalue weighted by atomic mass is 35.5. The number of hydrogen-bond acceptors (Lipinski definition) is 3. The summed E-state index contributed by atoms with van der Waals surface area (Å²) in [5, 5.41) is 3.74. The molecule has 0 aliphatic rings. The number of benzene rings is 3. The second-order valence-corrected chi connectivity index (χ2v) is 10.2. The zero-order chi connectivity index (χ0) is 25.9. The predicted molar refractivity (Wildman–Crippen MR) is 147 cm³/mol. The molecule has 0 aromatic heterocycles. The largest absolute Gasteiger partial charge is 0.354 e. The number of amides is 2. The van der Waals surface area contributed by atoms with E-state index in [4.69, 9.17) is 23.2 Å². The van der Waals surface area contributed by atoms with Gasteiger partial charge in [-0.05, 0) is 41.3 Å². The molecule has 1 N–H and O–H groups in total. The van der Waals surface area contributed by atoms with Gasteiger partial charge in [0.2, 0.25) is 11.8 Å². The van der Waals surface area contributed by atoms with Crippen molar-refractivity contribution in [3.63, 3.8) is 0 Å². The van der Waals surface area contributed by atoms with Crippen molar-refractivity contribution in [3.8, 4) is 0 Å². The van der Waals surface area contributed by atoms with E-state index in [2.05, 4.69) is 5.32 Å². The Morgan fingerprint density at radius 2 is 1.69 bits per heavy atom. The minimum atomic E-state index is -0.727. The molecule has 0 fully saturated rings. The minimum Gasteiger partial charge on any atom is -0.354 e. The summed E-state index contributed by atoms with van der Waals surface area (Å²) in [4.78, 5) is 28.4. The topological polar surface area (TPSA) is 49.4 Å². The smallest absolute Gasteiger partial charge is 0.243 e. The molecule has 3 aromatic carbocycles. The number of rotatable bonds is 12. The van der Waals surface area contributed by atoms with Crippen LogP contribution in [0.2, 0.25) is 10.0 Å². The van der Waals surface area contributed by atoms with Crippen LogP contribution in [-0.4, -0.2) is 35.1 Å². The fourth-order valence-corrected chi connectivity index (χ4v) is 4.92. The van der Waals surface area contributed by atoms with Gasteiger partial charge in [0.05, 0.1) is 15.8 Å². The highest BCUT2D eigenvalue weighted by Crippen LogP contribution is 2.25. The van der Waals surface area contributed by atoms with Crippen molar-refractivity contribution in [1.29, 1.82) is 0 Å². The third kappa shape index (κ3) is 8.26. The summed E-state index contributed by atoms with van der Waals surface area (Å²) in [5.74, 6) is -0.277. The Hall–Kier alpha value is -2.54. The van der Waals surface area contributed by atoms with Crippen molar-refractivity contribution in [2.45, 2.75) is 38.1 Å². The molecule has 3 aromatic rings. The van der Waals surface area contributed by atoms with Crippen LogP contribution in [0.5, 0.6) is 0 Å². The maximum Gasteiger partial charge on any atom is 0.243 e. The molecule has 0 aliphatic carbocycles. The summed E-state index contributed by atoms with van der Waals surface area (Å²) >= 11 is 13.6. The van der Waals surface area contributed by atoms with Crippen molar-refractivity contribution in [3.05, 3.63) is 105 Å². The Kier molecular flexibility index (Phi) is 11.1. The molecule has 0 saturated carbocycles. The van der Waals surface area contributed by atoms with E-state index in [1.807, 2.05) is 37.3 Å². The molecule has 3 rings (SSSR count). The molecular weight excluding hydrogens is 518 g/mol. The van der Waals surface area contributed by atoms with Gasteiger partial charge in [-0.2, -0.15) is 0 Å². The van der Waals surface area contributed by atoms with E-state index in [1.165, 1.54) is 17.8 Å². The molecule has 0 unspecified atom stereocenters. The van der Waals surface area contributed by atoms with Crippen LogP contribution >= 0.6 is 35.0 Å². The summed E-state index contributed by atoms with van der Waals surface area (Å²) in [5.41, 5.74) is 2.24. The van der Waals surface area contributed by atoms with E-state index in [-0.39, 0.29) is 29.9 Å². The Morgan fingerprint density at radius 1 is 0.972 bits per heavy atom. The SMILES string of the molecule is CCCNC(=O)[C@H](Cc1ccccc1)N(Cc1ccc(Cl)c(Cl)c1)C(=O)CSCc1ccccc1F. The molecule has 1 atom stereocenters. The Morgan fingerprint density at radius 3 is 2.39 bits per heavy atom. The number of halogens is 3. The normalized spacial score (nSPS) is 11.7. The van der Waals surface area contributed by atoms with E-state index in [0.29, 0.717) is 34.3 Å². The predicted octanol–water partition coefficient (Wildman–Crippen LogP) is 6.53. The van der Waals surface area contributed by atoms with Crippen LogP contribution in [0.15, 0.2) is 72.8 Å². The minimum absolute atomic E-state index is 0.0992. The third-order valence-electron chi connectivity index (χ3n) is 5.60. The molecular formula is C28H29Cl2FN2O2S. The quantitative estimate of drug-likeness (QED) is 0.281. The standard InChI is InChI=1S/C28H29Cl2FN2O2S/c1-2-14-32-28(35)26(16-20-8-4-3-5-9-20)33(17-21-12-13-23(29)24(30)15-21)27(34)19-36-18-22-10-6-7-11-25(22)31/h3-13,15,26H,2,14,16-19H2,1H3,(H,32,35)/t26-/m0/s1. The molecule has 190 valence electrons. The number of hydrogen-bond donors (Lipinski definition) is 1. The number of nitrogens with one attached hydrogen (secondary N) is 1. The van der Waals surface area contributed by atoms with E-state index in [9.17, 15) is 14.0 Å². The maximum atomic E-state index is 14.0. The first-order valence-electron chi connectivity index (χ1n) is 11.7. The number of thioether (sulfide) groups is 1. The maximum absolute atomic E-state index is 14.0. The molecule has 0 heterocycles. The zero-order valence-corrected chi connectivity index (χ0v) is 22.4. The zero-order valence-electron chi connectivity index (χ0n) is 20.1. The van der Waals surface area contributed by atoms with Gasteiger partial charge < -0.3 is 10.2 Å². The van der Waals surface area contributed by atoms with Gasteiger partial charge >= 0.3 is 0 Å². The van der Waals surface area contributed by atoms with E-state index in [1.54, 1.807) is 41.3 Å². The number of nitrogens with zero attached hydrogens (tertiary/aromatic N) is 1. The van der Waals surface area contributed by atoms with E-state index < -0.39 is 6.04 Å². The van der Waals surface area contributed by atoms with Crippen molar-refractivity contribution >= 4 is 46.8 Å². The Bertz CT molecular complexity index is 1160. The van der Waals surface area contributed by atoms with Gasteiger partial charge in [-0.25, -0.2) is 4.39 Å². The van der Waals surface area contributed by atoms with Crippen LogP contribution in [0, 0.1) is 5.82 Å². The first kappa shape index (κ1) is 28.0. The second kappa shape index (κ2) is 14.3. The van der Waals surface area contributed by atoms with Crippen LogP contribution in [0.3, 0.4) is 0 Å². The van der Waals surface area contributed by atoms with Crippen molar-refractivity contribution in [2.75, 3.05) is 12.3 Å². The summed E-state index contributed by atoms with van der Waals surface area (Å²) in [6.45, 7) is 2.68. The van der Waals surface area contributed by atoms with Gasteiger partial charge in [0.25, 0.3) is 0 Å². The summed E-state index contributed by atoms with van der Waals surface area (Å²) < 4.78 is 14.0. The lowest BCUT2D eigenvalue weighted by molar-refractivity contribution is -0.139. The number of carbonyl (C=O) groups excluding carboxylic acids is 2. The second-order valence-electron chi connectivity index (χ2n) is 8.35. The lowest BCUT2D eigenvalue weighted by Crippen LogP contribution is -2.51. The van der Waals surface area contributed by atoms with Gasteiger partial charge in [0, 0.05) is 25.3 Å². The lowest BCUT2D eigenvalue weighted by atomic mass is 10.0. The van der Waals surface area contributed by atoms with E-state index >= 15 is 0 Å². The number of carbonyl (C=O) groups is 2. The lowest BCUT2D eigenvalue weighted by Gasteiger charge is -2.31. The highest BCUT2D eigenvalue weighted by molar-refractivity contribution is 7.99. The molecule has 4 nitrogen and oxygen atoms in total. The monoisotopic (exact) mass is 546 g/mol. The molecule has 36 heavy (non-hydrogen) atoms. The van der Waals surface area contributed by atoms with Crippen molar-refractivity contribution < 1.29 is 14.0 Å². The van der Waals surface area contributed by atoms with Gasteiger partial charge in [0.15, 0.2) is 0 Å². The summed E-state index contributed by atoms with van der Waals surface area (Å²) in [7, 11) is 0. The van der Waals surface area contributed by atoms with Crippen LogP contribution < -0.4 is 5.32 Å². The molecule has 0 bridgehead atoms. The highest BCUT2D eigenvalue weighted by Gasteiger charge is 2.30. The molecule has 0 radical (unpaired) electrons. The first-order valence-corrected chi connectivity index (χ1v) is 13.7. The average Bonchev–Trinajstić information content (AvgIpc) is 2.88. The van der Waals surface area contributed by atoms with Crippen LogP contribution in [-0.2, 0) is 28.3 Å². The van der Waals surface area contributed by atoms with Gasteiger partial charge in [-0.1, -0.05) is 84.7 Å². The fraction of sp³-hybridized carbons (Fsp3) is 0.286. The van der Waals surface area contributed by atoms with Gasteiger partial charge in [0.1, 0.15) is 11.9 Å². The molecule has 0 spiro atoms. The van der Waals surface area contributed by atoms with Crippen LogP contribution in [0.1, 0.15) is 30.0 Å². The van der Waals surface area contributed by atoms with Crippen LogP contribution in [0.25, 0.3) is 0 Å². The molecule has 2 amide bonds. The molecule has 0 aliphatic heterocycles. The van der Waals surface area contributed by atoms with E-state index in [0.717, 1.165) is 17.5 Å². The van der Waals surface area contributed by atoms with Gasteiger partial charge in [-0.3, -0.25) is 9.59 Å². The average molecular weight is 548 g/mol. The van der Waals surface area contributed by atoms with Crippen molar-refractivity contribution in [1.82, 2.24) is 10.2 Å². The van der Waals surface area contributed by atoms with Crippen molar-refractivity contribution in [2.24, 2.45) is 0 Å². The first-order chi connectivity index (χ1) is 17.4.